The van der Waals surface area contributed by atoms with Gasteiger partial charge in [-0.25, -0.2) is 14.0 Å². The molecule has 0 bridgehead atoms. The summed E-state index contributed by atoms with van der Waals surface area (Å²) in [6.07, 6.45) is -1.75. The summed E-state index contributed by atoms with van der Waals surface area (Å²) in [6.45, 7) is 0. The Hall–Kier alpha value is -4.04. The minimum Gasteiger partial charge on any atom is -0.479 e. The summed E-state index contributed by atoms with van der Waals surface area (Å²) in [5.74, 6) is -4.14. The molecule has 3 aromatic rings. The summed E-state index contributed by atoms with van der Waals surface area (Å²) in [6, 6.07) is 17.0. The number of nitrogens with one attached hydrogen (secondary N) is 1. The molecule has 2 unspecified atom stereocenters. The van der Waals surface area contributed by atoms with Crippen molar-refractivity contribution in [3.05, 3.63) is 95.3 Å². The van der Waals surface area contributed by atoms with Crippen molar-refractivity contribution in [2.75, 3.05) is 0 Å². The highest BCUT2D eigenvalue weighted by Crippen LogP contribution is 2.26. The van der Waals surface area contributed by atoms with E-state index in [1.165, 1.54) is 24.3 Å². The third-order valence-corrected chi connectivity index (χ3v) is 4.90. The van der Waals surface area contributed by atoms with Crippen molar-refractivity contribution in [1.29, 1.82) is 0 Å². The fourth-order valence-electron chi connectivity index (χ4n) is 3.31. The standard InChI is InChI=1S/C24H20FNO6/c25-17-9-10-18(19(13-17)23(29)30)15-7-4-8-16(12-15)22(28)26-20(21(27)24(31)32)11-14-5-2-1-3-6-14/h1-10,12-13,20-21,27H,11H2,(H,26,28)(H,29,30)(H,31,32). The molecule has 3 rings (SSSR count). The molecule has 0 radical (unpaired) electrons. The predicted molar refractivity (Wildman–Crippen MR) is 114 cm³/mol. The second-order valence-electron chi connectivity index (χ2n) is 7.13. The van der Waals surface area contributed by atoms with Crippen molar-refractivity contribution in [2.24, 2.45) is 0 Å². The Morgan fingerprint density at radius 2 is 1.62 bits per heavy atom. The topological polar surface area (TPSA) is 124 Å². The Morgan fingerprint density at radius 3 is 2.28 bits per heavy atom. The molecule has 0 spiro atoms. The maximum atomic E-state index is 13.5. The van der Waals surface area contributed by atoms with E-state index < -0.39 is 35.8 Å². The summed E-state index contributed by atoms with van der Waals surface area (Å²) in [4.78, 5) is 35.7. The number of carboxylic acid groups (broad SMARTS) is 2. The SMILES string of the molecule is O=C(NC(Cc1ccccc1)C(O)C(=O)O)c1cccc(-c2ccc(F)cc2C(=O)O)c1. The van der Waals surface area contributed by atoms with Gasteiger partial charge in [-0.2, -0.15) is 0 Å². The summed E-state index contributed by atoms with van der Waals surface area (Å²) in [5, 5.41) is 31.2. The number of carbonyl (C=O) groups is 3. The first-order valence-electron chi connectivity index (χ1n) is 9.65. The normalized spacial score (nSPS) is 12.6. The van der Waals surface area contributed by atoms with Gasteiger partial charge >= 0.3 is 11.9 Å². The van der Waals surface area contributed by atoms with Crippen LogP contribution in [-0.2, 0) is 11.2 Å². The van der Waals surface area contributed by atoms with Crippen molar-refractivity contribution in [1.82, 2.24) is 5.32 Å². The van der Waals surface area contributed by atoms with Gasteiger partial charge in [-0.3, -0.25) is 4.79 Å². The van der Waals surface area contributed by atoms with E-state index in [2.05, 4.69) is 5.32 Å². The van der Waals surface area contributed by atoms with Crippen molar-refractivity contribution in [2.45, 2.75) is 18.6 Å². The van der Waals surface area contributed by atoms with Gasteiger partial charge in [-0.1, -0.05) is 48.5 Å². The molecule has 164 valence electrons. The second kappa shape index (κ2) is 9.84. The van der Waals surface area contributed by atoms with E-state index in [9.17, 15) is 34.1 Å². The zero-order chi connectivity index (χ0) is 23.3. The van der Waals surface area contributed by atoms with Crippen molar-refractivity contribution < 1.29 is 34.1 Å². The van der Waals surface area contributed by atoms with Crippen LogP contribution in [0, 0.1) is 5.82 Å². The molecular weight excluding hydrogens is 417 g/mol. The van der Waals surface area contributed by atoms with Crippen molar-refractivity contribution in [3.8, 4) is 11.1 Å². The van der Waals surface area contributed by atoms with Gasteiger partial charge in [0.2, 0.25) is 0 Å². The summed E-state index contributed by atoms with van der Waals surface area (Å²) >= 11 is 0. The number of benzene rings is 3. The van der Waals surface area contributed by atoms with Gasteiger partial charge < -0.3 is 20.6 Å². The van der Waals surface area contributed by atoms with E-state index in [4.69, 9.17) is 0 Å². The van der Waals surface area contributed by atoms with E-state index in [1.54, 1.807) is 36.4 Å². The third-order valence-electron chi connectivity index (χ3n) is 4.90. The van der Waals surface area contributed by atoms with Crippen LogP contribution >= 0.6 is 0 Å². The first kappa shape index (κ1) is 22.6. The van der Waals surface area contributed by atoms with Crippen LogP contribution in [-0.4, -0.2) is 45.3 Å². The number of carbonyl (C=O) groups excluding carboxylic acids is 1. The van der Waals surface area contributed by atoms with Crippen molar-refractivity contribution in [3.63, 3.8) is 0 Å². The summed E-state index contributed by atoms with van der Waals surface area (Å²) in [5.41, 5.74) is 1.18. The molecule has 32 heavy (non-hydrogen) atoms. The monoisotopic (exact) mass is 437 g/mol. The fraction of sp³-hybridized carbons (Fsp3) is 0.125. The molecule has 1 amide bonds. The number of aliphatic carboxylic acids is 1. The fourth-order valence-corrected chi connectivity index (χ4v) is 3.31. The molecule has 7 nitrogen and oxygen atoms in total. The van der Waals surface area contributed by atoms with Gasteiger partial charge in [0.25, 0.3) is 5.91 Å². The highest BCUT2D eigenvalue weighted by atomic mass is 19.1. The van der Waals surface area contributed by atoms with E-state index in [-0.39, 0.29) is 23.1 Å². The van der Waals surface area contributed by atoms with E-state index in [0.29, 0.717) is 5.56 Å². The van der Waals surface area contributed by atoms with Crippen molar-refractivity contribution >= 4 is 17.8 Å². The zero-order valence-corrected chi connectivity index (χ0v) is 16.7. The van der Waals surface area contributed by atoms with Crippen LogP contribution in [0.3, 0.4) is 0 Å². The maximum Gasteiger partial charge on any atom is 0.336 e. The first-order valence-corrected chi connectivity index (χ1v) is 9.65. The number of hydrogen-bond acceptors (Lipinski definition) is 4. The van der Waals surface area contributed by atoms with Gasteiger partial charge in [-0.15, -0.1) is 0 Å². The van der Waals surface area contributed by atoms with Gasteiger partial charge in [0, 0.05) is 5.56 Å². The average molecular weight is 437 g/mol. The molecule has 0 aliphatic rings. The second-order valence-corrected chi connectivity index (χ2v) is 7.13. The summed E-state index contributed by atoms with van der Waals surface area (Å²) in [7, 11) is 0. The lowest BCUT2D eigenvalue weighted by molar-refractivity contribution is -0.148. The van der Waals surface area contributed by atoms with E-state index >= 15 is 0 Å². The van der Waals surface area contributed by atoms with E-state index in [1.807, 2.05) is 0 Å². The largest absolute Gasteiger partial charge is 0.479 e. The molecule has 0 saturated carbocycles. The molecule has 0 aliphatic carbocycles. The van der Waals surface area contributed by atoms with Crippen LogP contribution < -0.4 is 5.32 Å². The van der Waals surface area contributed by atoms with Crippen LogP contribution in [0.2, 0.25) is 0 Å². The number of aromatic carboxylic acids is 1. The van der Waals surface area contributed by atoms with E-state index in [0.717, 1.165) is 17.7 Å². The molecule has 4 N–H and O–H groups in total. The minimum atomic E-state index is -1.84. The molecule has 2 atom stereocenters. The lowest BCUT2D eigenvalue weighted by Crippen LogP contribution is -2.48. The third kappa shape index (κ3) is 5.35. The lowest BCUT2D eigenvalue weighted by atomic mass is 9.97. The number of aliphatic hydroxyl groups excluding tert-OH is 1. The Balaban J connectivity index is 1.89. The Morgan fingerprint density at radius 1 is 0.906 bits per heavy atom. The molecular formula is C24H20FNO6. The Labute approximate surface area is 182 Å². The van der Waals surface area contributed by atoms with Gasteiger partial charge in [0.1, 0.15) is 5.82 Å². The number of carboxylic acids is 2. The lowest BCUT2D eigenvalue weighted by Gasteiger charge is -2.22. The minimum absolute atomic E-state index is 0.0842. The Kier molecular flexibility index (Phi) is 6.97. The van der Waals surface area contributed by atoms with Gasteiger partial charge in [-0.05, 0) is 47.4 Å². The molecule has 0 fully saturated rings. The molecule has 0 aromatic heterocycles. The number of rotatable bonds is 8. The highest BCUT2D eigenvalue weighted by molar-refractivity contribution is 5.99. The highest BCUT2D eigenvalue weighted by Gasteiger charge is 2.28. The summed E-state index contributed by atoms with van der Waals surface area (Å²) < 4.78 is 13.5. The molecule has 0 saturated heterocycles. The van der Waals surface area contributed by atoms with Crippen LogP contribution in [0.4, 0.5) is 4.39 Å². The number of amides is 1. The quantitative estimate of drug-likeness (QED) is 0.430. The molecule has 3 aromatic carbocycles. The molecule has 0 aliphatic heterocycles. The zero-order valence-electron chi connectivity index (χ0n) is 16.7. The Bertz CT molecular complexity index is 1150. The van der Waals surface area contributed by atoms with Crippen LogP contribution in [0.1, 0.15) is 26.3 Å². The van der Waals surface area contributed by atoms with Gasteiger partial charge in [0.15, 0.2) is 6.10 Å². The predicted octanol–water partition coefficient (Wildman–Crippen LogP) is 2.98. The average Bonchev–Trinajstić information content (AvgIpc) is 2.78. The first-order chi connectivity index (χ1) is 15.3. The number of halogens is 1. The smallest absolute Gasteiger partial charge is 0.336 e. The number of hydrogen-bond donors (Lipinski definition) is 4. The van der Waals surface area contributed by atoms with Gasteiger partial charge in [0.05, 0.1) is 11.6 Å². The molecule has 0 heterocycles. The number of aliphatic hydroxyl groups is 1. The maximum absolute atomic E-state index is 13.5. The van der Waals surface area contributed by atoms with Crippen LogP contribution in [0.5, 0.6) is 0 Å². The molecule has 8 heteroatoms. The van der Waals surface area contributed by atoms with Crippen LogP contribution in [0.15, 0.2) is 72.8 Å². The van der Waals surface area contributed by atoms with Crippen LogP contribution in [0.25, 0.3) is 11.1 Å².